The summed E-state index contributed by atoms with van der Waals surface area (Å²) >= 11 is 7.86. The molecule has 0 aliphatic heterocycles. The summed E-state index contributed by atoms with van der Waals surface area (Å²) in [5.74, 6) is 1.55. The first-order chi connectivity index (χ1) is 14.1. The fraction of sp³-hybridized carbons (Fsp3) is 0.136. The van der Waals surface area contributed by atoms with Crippen molar-refractivity contribution in [3.8, 4) is 11.3 Å². The van der Waals surface area contributed by atoms with Gasteiger partial charge in [-0.25, -0.2) is 14.5 Å². The highest BCUT2D eigenvalue weighted by molar-refractivity contribution is 7.98. The number of aromatic nitrogens is 5. The quantitative estimate of drug-likeness (QED) is 0.359. The van der Waals surface area contributed by atoms with Crippen LogP contribution in [-0.4, -0.2) is 24.1 Å². The first kappa shape index (κ1) is 18.2. The summed E-state index contributed by atoms with van der Waals surface area (Å²) < 4.78 is 3.97. The van der Waals surface area contributed by atoms with Crippen LogP contribution in [0.15, 0.2) is 66.0 Å². The van der Waals surface area contributed by atoms with E-state index in [-0.39, 0.29) is 0 Å². The average molecular weight is 420 g/mol. The SMILES string of the molecule is Cc1cc2c3cc(Cl)ccc3nc(CSc3nc(-c4ccccc4)cn3C)n2n1. The Morgan fingerprint density at radius 2 is 1.86 bits per heavy atom. The Hall–Kier alpha value is -2.83. The number of aryl methyl sites for hydroxylation is 2. The lowest BCUT2D eigenvalue weighted by Gasteiger charge is -2.08. The molecule has 0 bridgehead atoms. The molecule has 0 aliphatic carbocycles. The minimum Gasteiger partial charge on any atom is -0.328 e. The summed E-state index contributed by atoms with van der Waals surface area (Å²) in [5, 5.41) is 7.30. The zero-order chi connectivity index (χ0) is 20.0. The van der Waals surface area contributed by atoms with E-state index in [0.29, 0.717) is 10.8 Å². The number of hydrogen-bond acceptors (Lipinski definition) is 4. The third kappa shape index (κ3) is 3.39. The predicted octanol–water partition coefficient (Wildman–Crippen LogP) is 5.54. The Bertz CT molecular complexity index is 1340. The smallest absolute Gasteiger partial charge is 0.168 e. The van der Waals surface area contributed by atoms with Crippen molar-refractivity contribution in [1.82, 2.24) is 24.1 Å². The van der Waals surface area contributed by atoms with Crippen molar-refractivity contribution in [1.29, 1.82) is 0 Å². The lowest BCUT2D eigenvalue weighted by Crippen LogP contribution is -2.03. The first-order valence-electron chi connectivity index (χ1n) is 9.24. The van der Waals surface area contributed by atoms with Crippen molar-refractivity contribution in [2.75, 3.05) is 0 Å². The largest absolute Gasteiger partial charge is 0.328 e. The molecule has 0 fully saturated rings. The second kappa shape index (κ2) is 7.21. The third-order valence-electron chi connectivity index (χ3n) is 4.79. The summed E-state index contributed by atoms with van der Waals surface area (Å²) in [6.07, 6.45) is 2.06. The van der Waals surface area contributed by atoms with Crippen LogP contribution in [0.4, 0.5) is 0 Å². The van der Waals surface area contributed by atoms with E-state index in [1.165, 1.54) is 0 Å². The van der Waals surface area contributed by atoms with Gasteiger partial charge in [0.1, 0.15) is 5.82 Å². The number of nitrogens with zero attached hydrogens (tertiary/aromatic N) is 5. The standard InChI is InChI=1S/C22H18ClN5S/c1-14-10-20-17-11-16(23)8-9-18(17)24-21(28(20)26-14)13-29-22-25-19(12-27(22)2)15-6-4-3-5-7-15/h3-12H,13H2,1-2H3. The van der Waals surface area contributed by atoms with Gasteiger partial charge in [0.05, 0.1) is 28.2 Å². The number of imidazole rings is 1. The molecule has 0 saturated carbocycles. The van der Waals surface area contributed by atoms with Crippen LogP contribution >= 0.6 is 23.4 Å². The zero-order valence-electron chi connectivity index (χ0n) is 16.0. The fourth-order valence-electron chi connectivity index (χ4n) is 3.44. The number of rotatable bonds is 4. The fourth-order valence-corrected chi connectivity index (χ4v) is 4.48. The van der Waals surface area contributed by atoms with E-state index in [9.17, 15) is 0 Å². The first-order valence-corrected chi connectivity index (χ1v) is 10.6. The van der Waals surface area contributed by atoms with Gasteiger partial charge in [0.25, 0.3) is 0 Å². The Labute approximate surface area is 177 Å². The van der Waals surface area contributed by atoms with E-state index in [1.54, 1.807) is 11.8 Å². The monoisotopic (exact) mass is 419 g/mol. The molecule has 0 saturated heterocycles. The maximum Gasteiger partial charge on any atom is 0.168 e. The van der Waals surface area contributed by atoms with E-state index in [1.807, 2.05) is 54.9 Å². The molecular formula is C22H18ClN5S. The third-order valence-corrected chi connectivity index (χ3v) is 6.07. The molecule has 0 spiro atoms. The number of halogens is 1. The topological polar surface area (TPSA) is 48.0 Å². The summed E-state index contributed by atoms with van der Waals surface area (Å²) in [4.78, 5) is 9.66. The van der Waals surface area contributed by atoms with E-state index in [2.05, 4.69) is 34.1 Å². The van der Waals surface area contributed by atoms with Gasteiger partial charge in [0, 0.05) is 29.2 Å². The minimum atomic E-state index is 0.662. The van der Waals surface area contributed by atoms with E-state index in [0.717, 1.165) is 44.4 Å². The van der Waals surface area contributed by atoms with Crippen LogP contribution in [0.5, 0.6) is 0 Å². The van der Waals surface area contributed by atoms with Crippen molar-refractivity contribution >= 4 is 39.8 Å². The van der Waals surface area contributed by atoms with Crippen molar-refractivity contribution in [3.63, 3.8) is 0 Å². The van der Waals surface area contributed by atoms with Gasteiger partial charge in [-0.15, -0.1) is 0 Å². The van der Waals surface area contributed by atoms with Gasteiger partial charge in [-0.2, -0.15) is 5.10 Å². The highest BCUT2D eigenvalue weighted by atomic mass is 35.5. The summed E-state index contributed by atoms with van der Waals surface area (Å²) in [6.45, 7) is 1.99. The zero-order valence-corrected chi connectivity index (χ0v) is 17.6. The van der Waals surface area contributed by atoms with E-state index < -0.39 is 0 Å². The number of benzene rings is 2. The Balaban J connectivity index is 1.51. The van der Waals surface area contributed by atoms with Gasteiger partial charge < -0.3 is 4.57 Å². The normalized spacial score (nSPS) is 11.6. The Morgan fingerprint density at radius 1 is 1.03 bits per heavy atom. The van der Waals surface area contributed by atoms with Crippen molar-refractivity contribution < 1.29 is 0 Å². The van der Waals surface area contributed by atoms with Gasteiger partial charge in [-0.1, -0.05) is 53.7 Å². The Kier molecular flexibility index (Phi) is 4.53. The maximum atomic E-state index is 6.20. The summed E-state index contributed by atoms with van der Waals surface area (Å²) in [7, 11) is 2.02. The van der Waals surface area contributed by atoms with Crippen LogP contribution in [-0.2, 0) is 12.8 Å². The molecule has 5 nitrogen and oxygen atoms in total. The molecule has 5 aromatic rings. The molecule has 0 N–H and O–H groups in total. The summed E-state index contributed by atoms with van der Waals surface area (Å²) in [6, 6.07) is 18.1. The van der Waals surface area contributed by atoms with Crippen molar-refractivity contribution in [2.24, 2.45) is 7.05 Å². The van der Waals surface area contributed by atoms with Gasteiger partial charge >= 0.3 is 0 Å². The van der Waals surface area contributed by atoms with Crippen LogP contribution in [0.3, 0.4) is 0 Å². The maximum absolute atomic E-state index is 6.20. The highest BCUT2D eigenvalue weighted by Crippen LogP contribution is 2.28. The lowest BCUT2D eigenvalue weighted by atomic mass is 10.2. The molecule has 3 heterocycles. The van der Waals surface area contributed by atoms with Gasteiger partial charge in [0.2, 0.25) is 0 Å². The van der Waals surface area contributed by atoms with Crippen LogP contribution < -0.4 is 0 Å². The molecule has 0 atom stereocenters. The molecule has 0 unspecified atom stereocenters. The van der Waals surface area contributed by atoms with Crippen LogP contribution in [0.25, 0.3) is 27.7 Å². The van der Waals surface area contributed by atoms with E-state index >= 15 is 0 Å². The predicted molar refractivity (Wildman–Crippen MR) is 118 cm³/mol. The molecule has 7 heteroatoms. The number of fused-ring (bicyclic) bond motifs is 3. The highest BCUT2D eigenvalue weighted by Gasteiger charge is 2.14. The lowest BCUT2D eigenvalue weighted by molar-refractivity contribution is 0.786. The molecular weight excluding hydrogens is 402 g/mol. The Morgan fingerprint density at radius 3 is 2.69 bits per heavy atom. The molecule has 5 rings (SSSR count). The van der Waals surface area contributed by atoms with Gasteiger partial charge in [0.15, 0.2) is 5.16 Å². The van der Waals surface area contributed by atoms with E-state index in [4.69, 9.17) is 21.6 Å². The number of thioether (sulfide) groups is 1. The second-order valence-electron chi connectivity index (χ2n) is 6.95. The molecule has 0 amide bonds. The summed E-state index contributed by atoms with van der Waals surface area (Å²) in [5.41, 5.74) is 4.98. The average Bonchev–Trinajstić information content (AvgIpc) is 3.30. The van der Waals surface area contributed by atoms with Crippen molar-refractivity contribution in [2.45, 2.75) is 17.8 Å². The van der Waals surface area contributed by atoms with Crippen LogP contribution in [0.1, 0.15) is 11.5 Å². The minimum absolute atomic E-state index is 0.662. The number of hydrogen-bond donors (Lipinski definition) is 0. The molecule has 3 aromatic heterocycles. The molecule has 29 heavy (non-hydrogen) atoms. The van der Waals surface area contributed by atoms with Gasteiger partial charge in [-0.3, -0.25) is 0 Å². The molecule has 0 radical (unpaired) electrons. The second-order valence-corrected chi connectivity index (χ2v) is 8.33. The van der Waals surface area contributed by atoms with Crippen LogP contribution in [0.2, 0.25) is 5.02 Å². The van der Waals surface area contributed by atoms with Crippen LogP contribution in [0, 0.1) is 6.92 Å². The molecule has 2 aromatic carbocycles. The molecule has 0 aliphatic rings. The van der Waals surface area contributed by atoms with Crippen molar-refractivity contribution in [3.05, 3.63) is 77.3 Å². The van der Waals surface area contributed by atoms with Gasteiger partial charge in [-0.05, 0) is 31.2 Å². The molecule has 144 valence electrons.